The van der Waals surface area contributed by atoms with Crippen LogP contribution in [0.5, 0.6) is 0 Å². The second-order valence-electron chi connectivity index (χ2n) is 4.79. The second-order valence-corrected chi connectivity index (χ2v) is 4.79. The van der Waals surface area contributed by atoms with Crippen molar-refractivity contribution in [3.63, 3.8) is 0 Å². The molecule has 1 aromatic rings. The molecule has 0 fully saturated rings. The summed E-state index contributed by atoms with van der Waals surface area (Å²) in [6, 6.07) is 5.13. The number of alkyl halides is 3. The standard InChI is InChI=1S/C14H14F3/c1-13(2,3)9-5-7-11-6-4-8-12(10-11)14(15,16)17/h4,6-8,10H,1-3H3. The van der Waals surface area contributed by atoms with Crippen LogP contribution in [0.1, 0.15) is 31.9 Å². The molecule has 0 amide bonds. The molecule has 1 aromatic carbocycles. The van der Waals surface area contributed by atoms with Gasteiger partial charge < -0.3 is 0 Å². The van der Waals surface area contributed by atoms with Crippen molar-refractivity contribution in [1.29, 1.82) is 0 Å². The van der Waals surface area contributed by atoms with Gasteiger partial charge in [-0.05, 0) is 32.4 Å². The van der Waals surface area contributed by atoms with Gasteiger partial charge in [0.2, 0.25) is 0 Å². The van der Waals surface area contributed by atoms with Gasteiger partial charge in [0.25, 0.3) is 0 Å². The molecule has 0 spiro atoms. The molecule has 3 heteroatoms. The number of hydrogen-bond acceptors (Lipinski definition) is 0. The Labute approximate surface area is 99.8 Å². The second kappa shape index (κ2) is 4.83. The highest BCUT2D eigenvalue weighted by Crippen LogP contribution is 2.29. The predicted molar refractivity (Wildman–Crippen MR) is 62.1 cm³/mol. The summed E-state index contributed by atoms with van der Waals surface area (Å²) >= 11 is 0. The van der Waals surface area contributed by atoms with Gasteiger partial charge in [0.1, 0.15) is 0 Å². The Morgan fingerprint density at radius 1 is 1.12 bits per heavy atom. The highest BCUT2D eigenvalue weighted by Gasteiger charge is 2.30. The van der Waals surface area contributed by atoms with Crippen molar-refractivity contribution < 1.29 is 13.2 Å². The zero-order valence-corrected chi connectivity index (χ0v) is 10.0. The molecule has 0 aromatic heterocycles. The summed E-state index contributed by atoms with van der Waals surface area (Å²) in [5.74, 6) is 5.72. The van der Waals surface area contributed by atoms with E-state index >= 15 is 0 Å². The molecule has 1 rings (SSSR count). The lowest BCUT2D eigenvalue weighted by Gasteiger charge is -2.08. The van der Waals surface area contributed by atoms with Gasteiger partial charge in [-0.15, -0.1) is 0 Å². The highest BCUT2D eigenvalue weighted by atomic mass is 19.4. The Morgan fingerprint density at radius 3 is 2.29 bits per heavy atom. The molecule has 0 saturated heterocycles. The normalized spacial score (nSPS) is 11.9. The van der Waals surface area contributed by atoms with Crippen LogP contribution in [0.15, 0.2) is 24.3 Å². The van der Waals surface area contributed by atoms with Crippen LogP contribution in [0.3, 0.4) is 0 Å². The molecule has 0 bridgehead atoms. The molecule has 17 heavy (non-hydrogen) atoms. The van der Waals surface area contributed by atoms with E-state index in [0.717, 1.165) is 12.1 Å². The average Bonchev–Trinajstić information content (AvgIpc) is 2.15. The average molecular weight is 239 g/mol. The van der Waals surface area contributed by atoms with Crippen molar-refractivity contribution in [2.45, 2.75) is 26.9 Å². The van der Waals surface area contributed by atoms with Crippen LogP contribution < -0.4 is 0 Å². The summed E-state index contributed by atoms with van der Waals surface area (Å²) in [6.45, 7) is 5.83. The van der Waals surface area contributed by atoms with Gasteiger partial charge in [-0.1, -0.05) is 30.0 Å². The highest BCUT2D eigenvalue weighted by molar-refractivity contribution is 5.36. The Morgan fingerprint density at radius 2 is 1.76 bits per heavy atom. The molecule has 0 aliphatic heterocycles. The first kappa shape index (κ1) is 13.6. The summed E-state index contributed by atoms with van der Waals surface area (Å²) in [5, 5.41) is 0. The van der Waals surface area contributed by atoms with E-state index < -0.39 is 11.7 Å². The maximum Gasteiger partial charge on any atom is 0.416 e. The lowest BCUT2D eigenvalue weighted by atomic mass is 9.97. The van der Waals surface area contributed by atoms with Gasteiger partial charge >= 0.3 is 6.18 Å². The maximum absolute atomic E-state index is 12.4. The van der Waals surface area contributed by atoms with Gasteiger partial charge in [0.15, 0.2) is 0 Å². The minimum absolute atomic E-state index is 0.155. The zero-order chi connectivity index (χ0) is 13.1. The maximum atomic E-state index is 12.4. The van der Waals surface area contributed by atoms with Gasteiger partial charge in [0, 0.05) is 5.41 Å². The lowest BCUT2D eigenvalue weighted by Crippen LogP contribution is -2.04. The van der Waals surface area contributed by atoms with Crippen LogP contribution in [-0.4, -0.2) is 0 Å². The molecule has 0 aliphatic carbocycles. The third kappa shape index (κ3) is 4.95. The molecule has 1 radical (unpaired) electrons. The van der Waals surface area contributed by atoms with Crippen molar-refractivity contribution in [2.24, 2.45) is 5.41 Å². The van der Waals surface area contributed by atoms with Crippen LogP contribution in [0.25, 0.3) is 0 Å². The van der Waals surface area contributed by atoms with E-state index in [1.807, 2.05) is 20.8 Å². The molecule has 0 nitrogen and oxygen atoms in total. The molecule has 0 N–H and O–H groups in total. The van der Waals surface area contributed by atoms with E-state index in [2.05, 4.69) is 11.8 Å². The summed E-state index contributed by atoms with van der Waals surface area (Å²) in [5.41, 5.74) is -0.335. The van der Waals surface area contributed by atoms with E-state index in [-0.39, 0.29) is 5.41 Å². The molecule has 91 valence electrons. The SMILES string of the molecule is CC(C)(C)C#C[CH]c1cccc(C(F)(F)F)c1. The summed E-state index contributed by atoms with van der Waals surface area (Å²) < 4.78 is 37.3. The Hall–Kier alpha value is -1.43. The van der Waals surface area contributed by atoms with E-state index in [4.69, 9.17) is 0 Å². The predicted octanol–water partition coefficient (Wildman–Crippen LogP) is 4.31. The Kier molecular flexibility index (Phi) is 3.87. The van der Waals surface area contributed by atoms with Crippen LogP contribution in [-0.2, 0) is 6.18 Å². The van der Waals surface area contributed by atoms with Crippen LogP contribution in [0, 0.1) is 23.7 Å². The van der Waals surface area contributed by atoms with Crippen molar-refractivity contribution in [1.82, 2.24) is 0 Å². The fraction of sp³-hybridized carbons (Fsp3) is 0.357. The third-order valence-electron chi connectivity index (χ3n) is 1.90. The number of rotatable bonds is 1. The van der Waals surface area contributed by atoms with E-state index in [0.29, 0.717) is 5.56 Å². The van der Waals surface area contributed by atoms with Gasteiger partial charge in [-0.3, -0.25) is 0 Å². The van der Waals surface area contributed by atoms with Crippen molar-refractivity contribution in [3.05, 3.63) is 41.8 Å². The molecule has 0 heterocycles. The van der Waals surface area contributed by atoms with Crippen LogP contribution >= 0.6 is 0 Å². The summed E-state index contributed by atoms with van der Waals surface area (Å²) in [7, 11) is 0. The number of benzene rings is 1. The monoisotopic (exact) mass is 239 g/mol. The quantitative estimate of drug-likeness (QED) is 0.641. The van der Waals surface area contributed by atoms with E-state index in [9.17, 15) is 13.2 Å². The molecule has 0 aliphatic rings. The number of hydrogen-bond donors (Lipinski definition) is 0. The fourth-order valence-corrected chi connectivity index (χ4v) is 1.14. The first-order valence-electron chi connectivity index (χ1n) is 5.22. The first-order chi connectivity index (χ1) is 7.68. The lowest BCUT2D eigenvalue weighted by molar-refractivity contribution is -0.137. The van der Waals surface area contributed by atoms with Crippen LogP contribution in [0.2, 0.25) is 0 Å². The molecular weight excluding hydrogens is 225 g/mol. The number of halogens is 3. The summed E-state index contributed by atoms with van der Waals surface area (Å²) in [4.78, 5) is 0. The minimum atomic E-state index is -4.30. The molecular formula is C14H14F3. The molecule has 0 unspecified atom stereocenters. The summed E-state index contributed by atoms with van der Waals surface area (Å²) in [6.07, 6.45) is -2.80. The van der Waals surface area contributed by atoms with E-state index in [1.165, 1.54) is 12.5 Å². The van der Waals surface area contributed by atoms with Crippen molar-refractivity contribution in [3.8, 4) is 11.8 Å². The van der Waals surface area contributed by atoms with Crippen molar-refractivity contribution in [2.75, 3.05) is 0 Å². The Bertz CT molecular complexity index is 439. The molecule has 0 saturated carbocycles. The van der Waals surface area contributed by atoms with Gasteiger partial charge in [-0.25, -0.2) is 0 Å². The Balaban J connectivity index is 2.83. The van der Waals surface area contributed by atoms with Crippen LogP contribution in [0.4, 0.5) is 13.2 Å². The van der Waals surface area contributed by atoms with Gasteiger partial charge in [-0.2, -0.15) is 13.2 Å². The van der Waals surface area contributed by atoms with E-state index in [1.54, 1.807) is 6.07 Å². The third-order valence-corrected chi connectivity index (χ3v) is 1.90. The topological polar surface area (TPSA) is 0 Å². The fourth-order valence-electron chi connectivity index (χ4n) is 1.14. The first-order valence-corrected chi connectivity index (χ1v) is 5.22. The largest absolute Gasteiger partial charge is 0.416 e. The van der Waals surface area contributed by atoms with Gasteiger partial charge in [0.05, 0.1) is 12.0 Å². The van der Waals surface area contributed by atoms with Crippen molar-refractivity contribution >= 4 is 0 Å². The molecule has 0 atom stereocenters. The smallest absolute Gasteiger partial charge is 0.166 e. The minimum Gasteiger partial charge on any atom is -0.166 e. The zero-order valence-electron chi connectivity index (χ0n) is 10.0.